The first kappa shape index (κ1) is 32.8. The number of alkyl carbamates (subject to hydrolysis) is 1. The van der Waals surface area contributed by atoms with Crippen molar-refractivity contribution in [2.24, 2.45) is 4.99 Å². The molecule has 242 valence electrons. The predicted octanol–water partition coefficient (Wildman–Crippen LogP) is 8.24. The molecule has 1 atom stereocenters. The van der Waals surface area contributed by atoms with Crippen molar-refractivity contribution in [3.05, 3.63) is 72.1 Å². The highest BCUT2D eigenvalue weighted by molar-refractivity contribution is 7.95. The van der Waals surface area contributed by atoms with Crippen LogP contribution in [0.1, 0.15) is 71.9 Å². The lowest BCUT2D eigenvalue weighted by atomic mass is 10.1. The Morgan fingerprint density at radius 1 is 0.957 bits per heavy atom. The number of likely N-dealkylation sites (tertiary alicyclic amines) is 1. The minimum absolute atomic E-state index is 0.00461. The molecule has 0 aliphatic carbocycles. The van der Waals surface area contributed by atoms with E-state index in [4.69, 9.17) is 23.2 Å². The van der Waals surface area contributed by atoms with Gasteiger partial charge in [-0.15, -0.1) is 4.99 Å². The number of aliphatic imine (C=N–C) groups is 1. The summed E-state index contributed by atoms with van der Waals surface area (Å²) in [5, 5.41) is 8.88. The summed E-state index contributed by atoms with van der Waals surface area (Å²) < 4.78 is 22.5. The molecule has 4 aromatic rings. The van der Waals surface area contributed by atoms with Gasteiger partial charge < -0.3 is 23.1 Å². The molecule has 1 aliphatic rings. The zero-order valence-corrected chi connectivity index (χ0v) is 27.9. The molecule has 11 nitrogen and oxygen atoms in total. The number of ether oxygens (including phenoxy) is 2. The van der Waals surface area contributed by atoms with Gasteiger partial charge in [-0.3, -0.25) is 5.32 Å². The Labute approximate surface area is 272 Å². The lowest BCUT2D eigenvalue weighted by Gasteiger charge is -2.27. The number of rotatable bonds is 5. The topological polar surface area (TPSA) is 128 Å². The van der Waals surface area contributed by atoms with Crippen LogP contribution >= 0.6 is 12.0 Å². The number of carbonyl (C=O) groups excluding carboxylic acids is 2. The maximum absolute atomic E-state index is 12.7. The number of hydrogen-bond donors (Lipinski definition) is 1. The number of aromatic nitrogens is 2. The van der Waals surface area contributed by atoms with Crippen LogP contribution in [0.15, 0.2) is 75.1 Å². The number of aryl methyl sites for hydroxylation is 1. The Balaban J connectivity index is 1.33. The first-order chi connectivity index (χ1) is 21.7. The van der Waals surface area contributed by atoms with Gasteiger partial charge in [-0.05, 0) is 102 Å². The molecule has 46 heavy (non-hydrogen) atoms. The zero-order chi connectivity index (χ0) is 33.1. The van der Waals surface area contributed by atoms with Gasteiger partial charge >= 0.3 is 12.2 Å². The number of carbonyl (C=O) groups is 2. The van der Waals surface area contributed by atoms with Crippen LogP contribution in [-0.2, 0) is 9.47 Å². The molecule has 12 heteroatoms. The fourth-order valence-corrected chi connectivity index (χ4v) is 5.34. The normalized spacial score (nSPS) is 15.6. The zero-order valence-electron chi connectivity index (χ0n) is 27.1. The van der Waals surface area contributed by atoms with Crippen molar-refractivity contribution in [3.8, 4) is 17.1 Å². The summed E-state index contributed by atoms with van der Waals surface area (Å²) in [6, 6.07) is 19.6. The number of amides is 2. The van der Waals surface area contributed by atoms with Crippen molar-refractivity contribution in [2.45, 2.75) is 83.4 Å². The van der Waals surface area contributed by atoms with E-state index in [1.165, 1.54) is 17.6 Å². The van der Waals surface area contributed by atoms with Crippen molar-refractivity contribution in [2.75, 3.05) is 6.54 Å². The Kier molecular flexibility index (Phi) is 9.57. The summed E-state index contributed by atoms with van der Waals surface area (Å²) in [4.78, 5) is 37.0. The molecule has 2 amide bonds. The van der Waals surface area contributed by atoms with Crippen LogP contribution in [0.2, 0.25) is 0 Å². The predicted molar refractivity (Wildman–Crippen MR) is 177 cm³/mol. The summed E-state index contributed by atoms with van der Waals surface area (Å²) in [5.41, 5.74) is 0.469. The van der Waals surface area contributed by atoms with E-state index in [0.29, 0.717) is 24.7 Å². The van der Waals surface area contributed by atoms with Gasteiger partial charge in [0.1, 0.15) is 23.0 Å². The maximum Gasteiger partial charge on any atom is 0.437 e. The second-order valence-corrected chi connectivity index (χ2v) is 13.9. The molecular weight excluding hydrogens is 606 g/mol. The average molecular weight is 646 g/mol. The van der Waals surface area contributed by atoms with Gasteiger partial charge in [-0.2, -0.15) is 4.98 Å². The van der Waals surface area contributed by atoms with E-state index in [0.717, 1.165) is 33.4 Å². The Bertz CT molecular complexity index is 1740. The number of nitrogens with one attached hydrogen (secondary N) is 1. The first-order valence-electron chi connectivity index (χ1n) is 15.1. The molecular formula is C34H39N5O6S. The highest BCUT2D eigenvalue weighted by Gasteiger charge is 2.35. The largest absolute Gasteiger partial charge is 0.444 e. The van der Waals surface area contributed by atoms with Crippen molar-refractivity contribution in [3.63, 3.8) is 0 Å². The number of fused-ring (bicyclic) bond motifs is 1. The van der Waals surface area contributed by atoms with Crippen LogP contribution in [0.25, 0.3) is 22.2 Å². The second kappa shape index (κ2) is 13.4. The van der Waals surface area contributed by atoms with Gasteiger partial charge in [-0.25, -0.2) is 9.59 Å². The fraction of sp³-hybridized carbons (Fsp3) is 0.382. The molecule has 0 radical (unpaired) electrons. The van der Waals surface area contributed by atoms with Crippen molar-refractivity contribution in [1.29, 1.82) is 0 Å². The lowest BCUT2D eigenvalue weighted by molar-refractivity contribution is 0.0553. The summed E-state index contributed by atoms with van der Waals surface area (Å²) >= 11 is 1.32. The molecule has 1 saturated heterocycles. The summed E-state index contributed by atoms with van der Waals surface area (Å²) in [5.74, 6) is 1.50. The van der Waals surface area contributed by atoms with E-state index in [1.54, 1.807) is 46.4 Å². The molecule has 0 spiro atoms. The van der Waals surface area contributed by atoms with E-state index in [1.807, 2.05) is 48.5 Å². The first-order valence-corrected chi connectivity index (χ1v) is 15.8. The third-order valence-corrected chi connectivity index (χ3v) is 7.52. The molecule has 3 aromatic carbocycles. The van der Waals surface area contributed by atoms with Crippen LogP contribution < -0.4 is 9.50 Å². The minimum Gasteiger partial charge on any atom is -0.444 e. The Hall–Kier alpha value is -4.58. The standard InChI is InChI=1S/C34H39N5O6S/c1-21-10-16-26(17-11-21)46-45-25-15-14-22-19-24(13-12-23(22)20-25)28-35-29(44-38-28)27-9-8-18-39(27)30(36-31(40)42-33(2,3)4)37-32(41)43-34(5,6)7/h10-17,19-20,27H,8-9,18H2,1-7H3,(H,36,37,40,41). The molecule has 1 aliphatic heterocycles. The molecule has 0 bridgehead atoms. The van der Waals surface area contributed by atoms with Crippen LogP contribution in [0.5, 0.6) is 5.75 Å². The molecule has 2 heterocycles. The SMILES string of the molecule is Cc1ccc(SOc2ccc3cc(-c4noc(C5CCCN5C(=NC(=O)OC(C)(C)C)NC(=O)OC(C)(C)C)n4)ccc3c2)cc1. The smallest absolute Gasteiger partial charge is 0.437 e. The van der Waals surface area contributed by atoms with Crippen molar-refractivity contribution in [1.82, 2.24) is 20.4 Å². The van der Waals surface area contributed by atoms with Crippen LogP contribution in [0.3, 0.4) is 0 Å². The fourth-order valence-electron chi connectivity index (χ4n) is 4.80. The van der Waals surface area contributed by atoms with Gasteiger partial charge in [0.05, 0.1) is 12.0 Å². The molecule has 1 fully saturated rings. The highest BCUT2D eigenvalue weighted by atomic mass is 32.2. The number of guanidine groups is 1. The number of nitrogens with zero attached hydrogens (tertiary/aromatic N) is 4. The molecule has 1 N–H and O–H groups in total. The average Bonchev–Trinajstić information content (AvgIpc) is 3.64. The van der Waals surface area contributed by atoms with E-state index >= 15 is 0 Å². The van der Waals surface area contributed by atoms with E-state index < -0.39 is 29.4 Å². The quantitative estimate of drug-likeness (QED) is 0.129. The summed E-state index contributed by atoms with van der Waals surface area (Å²) in [7, 11) is 0. The summed E-state index contributed by atoms with van der Waals surface area (Å²) in [6.45, 7) is 13.0. The van der Waals surface area contributed by atoms with Gasteiger partial charge in [0.2, 0.25) is 17.7 Å². The van der Waals surface area contributed by atoms with Gasteiger partial charge in [0.25, 0.3) is 0 Å². The minimum atomic E-state index is -0.839. The number of benzene rings is 3. The third-order valence-electron chi connectivity index (χ3n) is 6.78. The van der Waals surface area contributed by atoms with Crippen molar-refractivity contribution >= 4 is 41.0 Å². The maximum atomic E-state index is 12.7. The molecule has 1 unspecified atom stereocenters. The van der Waals surface area contributed by atoms with Gasteiger partial charge in [-0.1, -0.05) is 41.1 Å². The summed E-state index contributed by atoms with van der Waals surface area (Å²) in [6.07, 6.45) is -0.195. The number of hydrogen-bond acceptors (Lipinski definition) is 9. The molecule has 1 aromatic heterocycles. The lowest BCUT2D eigenvalue weighted by Crippen LogP contribution is -2.46. The van der Waals surface area contributed by atoms with Crippen LogP contribution in [-0.4, -0.2) is 50.9 Å². The van der Waals surface area contributed by atoms with Crippen LogP contribution in [0.4, 0.5) is 9.59 Å². The second-order valence-electron chi connectivity index (χ2n) is 13.1. The molecule has 0 saturated carbocycles. The monoisotopic (exact) mass is 645 g/mol. The van der Waals surface area contributed by atoms with Gasteiger partial charge in [0, 0.05) is 17.0 Å². The Morgan fingerprint density at radius 3 is 2.37 bits per heavy atom. The molecule has 5 rings (SSSR count). The van der Waals surface area contributed by atoms with Crippen LogP contribution in [0, 0.1) is 6.92 Å². The van der Waals surface area contributed by atoms with E-state index in [9.17, 15) is 9.59 Å². The highest BCUT2D eigenvalue weighted by Crippen LogP contribution is 2.34. The van der Waals surface area contributed by atoms with E-state index in [2.05, 4.69) is 34.5 Å². The van der Waals surface area contributed by atoms with E-state index in [-0.39, 0.29) is 5.96 Å². The Morgan fingerprint density at radius 2 is 1.65 bits per heavy atom. The third kappa shape index (κ3) is 8.78. The van der Waals surface area contributed by atoms with Crippen molar-refractivity contribution < 1.29 is 27.8 Å². The van der Waals surface area contributed by atoms with Gasteiger partial charge in [0.15, 0.2) is 0 Å².